The van der Waals surface area contributed by atoms with Crippen LogP contribution in [0, 0.1) is 0 Å². The summed E-state index contributed by atoms with van der Waals surface area (Å²) in [5, 5.41) is 0. The fourth-order valence-electron chi connectivity index (χ4n) is 2.23. The standard InChI is InChI=1S/C16H12BrNO5S3/c17-11-3-1-10(2-4-11)13-6-5-12(23-13)9-14-15(19)18(16(24)25-14)7-8-26(20,21)22/h1-6,9H,7-8H2,(H,20,21,22)/b14-9+. The molecule has 0 atom stereocenters. The monoisotopic (exact) mass is 473 g/mol. The van der Waals surface area contributed by atoms with Crippen LogP contribution in [-0.4, -0.2) is 40.4 Å². The third kappa shape index (κ3) is 4.63. The molecule has 1 aromatic carbocycles. The van der Waals surface area contributed by atoms with Gasteiger partial charge in [-0.3, -0.25) is 14.2 Å². The lowest BCUT2D eigenvalue weighted by atomic mass is 10.2. The minimum atomic E-state index is -4.17. The van der Waals surface area contributed by atoms with Gasteiger partial charge in [-0.1, -0.05) is 52.0 Å². The molecule has 1 aromatic heterocycles. The number of furan rings is 1. The average Bonchev–Trinajstić information content (AvgIpc) is 3.12. The number of carbonyl (C=O) groups is 1. The molecular formula is C16H12BrNO5S3. The molecule has 26 heavy (non-hydrogen) atoms. The second-order valence-electron chi connectivity index (χ2n) is 5.33. The van der Waals surface area contributed by atoms with Crippen LogP contribution in [0.15, 0.2) is 50.2 Å². The highest BCUT2D eigenvalue weighted by atomic mass is 79.9. The second-order valence-corrected chi connectivity index (χ2v) is 9.49. The predicted molar refractivity (Wildman–Crippen MR) is 108 cm³/mol. The average molecular weight is 474 g/mol. The van der Waals surface area contributed by atoms with Gasteiger partial charge in [0, 0.05) is 22.7 Å². The molecule has 1 amide bonds. The van der Waals surface area contributed by atoms with Crippen molar-refractivity contribution >= 4 is 66.3 Å². The minimum absolute atomic E-state index is 0.191. The molecule has 1 fully saturated rings. The van der Waals surface area contributed by atoms with Crippen LogP contribution in [0.5, 0.6) is 0 Å². The molecule has 0 bridgehead atoms. The Kier molecular flexibility index (Phi) is 5.68. The molecule has 1 saturated heterocycles. The van der Waals surface area contributed by atoms with Crippen molar-refractivity contribution in [3.8, 4) is 11.3 Å². The summed E-state index contributed by atoms with van der Waals surface area (Å²) < 4.78 is 37.5. The molecule has 1 N–H and O–H groups in total. The molecule has 0 saturated carbocycles. The largest absolute Gasteiger partial charge is 0.457 e. The first kappa shape index (κ1) is 19.3. The quantitative estimate of drug-likeness (QED) is 0.401. The Morgan fingerprint density at radius 2 is 1.92 bits per heavy atom. The van der Waals surface area contributed by atoms with Crippen LogP contribution in [0.4, 0.5) is 0 Å². The van der Waals surface area contributed by atoms with E-state index in [9.17, 15) is 13.2 Å². The van der Waals surface area contributed by atoms with Gasteiger partial charge in [0.1, 0.15) is 15.8 Å². The summed E-state index contributed by atoms with van der Waals surface area (Å²) in [6, 6.07) is 11.1. The fraction of sp³-hybridized carbons (Fsp3) is 0.125. The van der Waals surface area contributed by atoms with Crippen molar-refractivity contribution < 1.29 is 22.2 Å². The van der Waals surface area contributed by atoms with E-state index in [2.05, 4.69) is 15.9 Å². The molecule has 0 unspecified atom stereocenters. The third-order valence-electron chi connectivity index (χ3n) is 3.48. The van der Waals surface area contributed by atoms with Gasteiger partial charge in [-0.05, 0) is 24.3 Å². The smallest absolute Gasteiger partial charge is 0.266 e. The third-order valence-corrected chi connectivity index (χ3v) is 6.08. The highest BCUT2D eigenvalue weighted by Gasteiger charge is 2.32. The van der Waals surface area contributed by atoms with Gasteiger partial charge >= 0.3 is 0 Å². The van der Waals surface area contributed by atoms with Gasteiger partial charge in [0.2, 0.25) is 0 Å². The zero-order chi connectivity index (χ0) is 18.9. The Bertz CT molecular complexity index is 995. The van der Waals surface area contributed by atoms with Gasteiger partial charge in [-0.15, -0.1) is 0 Å². The first-order chi connectivity index (χ1) is 12.2. The molecule has 1 aliphatic rings. The number of carbonyl (C=O) groups excluding carboxylic acids is 1. The van der Waals surface area contributed by atoms with E-state index in [1.54, 1.807) is 18.2 Å². The van der Waals surface area contributed by atoms with Crippen LogP contribution in [0.2, 0.25) is 0 Å². The zero-order valence-electron chi connectivity index (χ0n) is 13.1. The van der Waals surface area contributed by atoms with E-state index in [-0.39, 0.29) is 10.9 Å². The van der Waals surface area contributed by atoms with E-state index in [1.807, 2.05) is 24.3 Å². The van der Waals surface area contributed by atoms with E-state index in [0.717, 1.165) is 26.7 Å². The van der Waals surface area contributed by atoms with Crippen LogP contribution < -0.4 is 0 Å². The summed E-state index contributed by atoms with van der Waals surface area (Å²) in [7, 11) is -4.17. The number of hydrogen-bond acceptors (Lipinski definition) is 6. The topological polar surface area (TPSA) is 87.8 Å². The molecule has 0 spiro atoms. The van der Waals surface area contributed by atoms with Gasteiger partial charge in [0.25, 0.3) is 16.0 Å². The summed E-state index contributed by atoms with van der Waals surface area (Å²) in [6.45, 7) is -0.191. The van der Waals surface area contributed by atoms with Gasteiger partial charge in [-0.25, -0.2) is 0 Å². The molecule has 1 aliphatic heterocycles. The second kappa shape index (κ2) is 7.65. The summed E-state index contributed by atoms with van der Waals surface area (Å²) in [5.74, 6) is 0.162. The van der Waals surface area contributed by atoms with Crippen molar-refractivity contribution in [3.05, 3.63) is 51.5 Å². The van der Waals surface area contributed by atoms with Gasteiger partial charge in [0.05, 0.1) is 10.7 Å². The van der Waals surface area contributed by atoms with Crippen molar-refractivity contribution in [2.24, 2.45) is 0 Å². The number of benzene rings is 1. The van der Waals surface area contributed by atoms with Crippen LogP contribution >= 0.6 is 39.9 Å². The molecule has 0 aliphatic carbocycles. The first-order valence-electron chi connectivity index (χ1n) is 7.29. The van der Waals surface area contributed by atoms with E-state index >= 15 is 0 Å². The number of rotatable bonds is 5. The lowest BCUT2D eigenvalue weighted by molar-refractivity contribution is -0.121. The van der Waals surface area contributed by atoms with E-state index in [4.69, 9.17) is 21.2 Å². The Balaban J connectivity index is 1.77. The molecular weight excluding hydrogens is 462 g/mol. The van der Waals surface area contributed by atoms with Gasteiger partial charge in [-0.2, -0.15) is 8.42 Å². The highest BCUT2D eigenvalue weighted by Crippen LogP contribution is 2.33. The molecule has 10 heteroatoms. The SMILES string of the molecule is O=C1/C(=C\c2ccc(-c3ccc(Br)cc3)o2)SC(=S)N1CCS(=O)(=O)O. The van der Waals surface area contributed by atoms with E-state index < -0.39 is 21.8 Å². The van der Waals surface area contributed by atoms with Crippen LogP contribution in [0.25, 0.3) is 17.4 Å². The number of amides is 1. The van der Waals surface area contributed by atoms with Crippen molar-refractivity contribution in [2.75, 3.05) is 12.3 Å². The maximum Gasteiger partial charge on any atom is 0.266 e. The lowest BCUT2D eigenvalue weighted by Crippen LogP contribution is -2.32. The highest BCUT2D eigenvalue weighted by molar-refractivity contribution is 9.10. The van der Waals surface area contributed by atoms with Crippen molar-refractivity contribution in [3.63, 3.8) is 0 Å². The Morgan fingerprint density at radius 1 is 1.23 bits per heavy atom. The number of halogens is 1. The first-order valence-corrected chi connectivity index (χ1v) is 10.9. The van der Waals surface area contributed by atoms with Crippen molar-refractivity contribution in [1.82, 2.24) is 4.90 Å². The maximum absolute atomic E-state index is 12.4. The van der Waals surface area contributed by atoms with E-state index in [0.29, 0.717) is 16.4 Å². The Hall–Kier alpha value is -1.46. The van der Waals surface area contributed by atoms with Crippen molar-refractivity contribution in [1.29, 1.82) is 0 Å². The zero-order valence-corrected chi connectivity index (χ0v) is 17.1. The van der Waals surface area contributed by atoms with Gasteiger partial charge < -0.3 is 4.42 Å². The molecule has 6 nitrogen and oxygen atoms in total. The van der Waals surface area contributed by atoms with Crippen molar-refractivity contribution in [2.45, 2.75) is 0 Å². The normalized spacial score (nSPS) is 16.7. The minimum Gasteiger partial charge on any atom is -0.457 e. The number of thiocarbonyl (C=S) groups is 1. The molecule has 2 aromatic rings. The Labute approximate surface area is 168 Å². The summed E-state index contributed by atoms with van der Waals surface area (Å²) in [6.07, 6.45) is 1.56. The number of thioether (sulfide) groups is 1. The number of nitrogens with zero attached hydrogens (tertiary/aromatic N) is 1. The molecule has 0 radical (unpaired) electrons. The van der Waals surface area contributed by atoms with Crippen LogP contribution in [-0.2, 0) is 14.9 Å². The number of hydrogen-bond donors (Lipinski definition) is 1. The van der Waals surface area contributed by atoms with Gasteiger partial charge in [0.15, 0.2) is 0 Å². The van der Waals surface area contributed by atoms with Crippen LogP contribution in [0.1, 0.15) is 5.76 Å². The predicted octanol–water partition coefficient (Wildman–Crippen LogP) is 3.80. The summed E-state index contributed by atoms with van der Waals surface area (Å²) in [5.41, 5.74) is 0.897. The maximum atomic E-state index is 12.4. The Morgan fingerprint density at radius 3 is 2.58 bits per heavy atom. The molecule has 136 valence electrons. The molecule has 2 heterocycles. The molecule has 3 rings (SSSR count). The summed E-state index contributed by atoms with van der Waals surface area (Å²) in [4.78, 5) is 13.9. The van der Waals surface area contributed by atoms with E-state index in [1.165, 1.54) is 0 Å². The summed E-state index contributed by atoms with van der Waals surface area (Å²) >= 11 is 9.54. The fourth-order valence-corrected chi connectivity index (χ4v) is 4.19. The van der Waals surface area contributed by atoms with Crippen LogP contribution in [0.3, 0.4) is 0 Å². The lowest BCUT2D eigenvalue weighted by Gasteiger charge is -2.12.